The molecule has 9 heteroatoms. The van der Waals surface area contributed by atoms with Crippen molar-refractivity contribution < 1.29 is 14.5 Å². The first-order chi connectivity index (χ1) is 14.8. The van der Waals surface area contributed by atoms with E-state index in [2.05, 4.69) is 5.10 Å². The first kappa shape index (κ1) is 21.7. The molecule has 0 atom stereocenters. The fourth-order valence-electron chi connectivity index (χ4n) is 3.04. The zero-order valence-electron chi connectivity index (χ0n) is 17.6. The number of rotatable bonds is 7. The molecule has 0 aliphatic carbocycles. The van der Waals surface area contributed by atoms with Gasteiger partial charge in [0.25, 0.3) is 17.5 Å². The normalized spacial score (nSPS) is 10.5. The summed E-state index contributed by atoms with van der Waals surface area (Å²) in [5.41, 5.74) is 2.52. The predicted octanol–water partition coefficient (Wildman–Crippen LogP) is 3.14. The van der Waals surface area contributed by atoms with E-state index in [9.17, 15) is 19.7 Å². The van der Waals surface area contributed by atoms with Gasteiger partial charge < -0.3 is 9.80 Å². The summed E-state index contributed by atoms with van der Waals surface area (Å²) >= 11 is 0. The Labute approximate surface area is 179 Å². The maximum atomic E-state index is 13.0. The van der Waals surface area contributed by atoms with Crippen LogP contribution in [0.4, 0.5) is 5.69 Å². The average Bonchev–Trinajstić information content (AvgIpc) is 3.27. The number of amides is 2. The first-order valence-electron chi connectivity index (χ1n) is 9.69. The second-order valence-electron chi connectivity index (χ2n) is 7.16. The number of carbonyl (C=O) groups is 2. The third kappa shape index (κ3) is 4.95. The molecule has 0 aliphatic heterocycles. The van der Waals surface area contributed by atoms with Crippen LogP contribution < -0.4 is 0 Å². The lowest BCUT2D eigenvalue weighted by molar-refractivity contribution is -0.384. The third-order valence-electron chi connectivity index (χ3n) is 4.80. The number of carbonyl (C=O) groups excluding carboxylic acids is 2. The van der Waals surface area contributed by atoms with E-state index >= 15 is 0 Å². The largest absolute Gasteiger partial charge is 0.345 e. The number of non-ortho nitro benzene ring substituents is 1. The van der Waals surface area contributed by atoms with Crippen LogP contribution in [0.3, 0.4) is 0 Å². The molecular formula is C22H23N5O4. The molecule has 0 aliphatic rings. The van der Waals surface area contributed by atoms with Crippen LogP contribution in [-0.4, -0.2) is 57.0 Å². The van der Waals surface area contributed by atoms with Gasteiger partial charge in [0.15, 0.2) is 0 Å². The number of hydrogen-bond donors (Lipinski definition) is 0. The van der Waals surface area contributed by atoms with E-state index in [0.717, 1.165) is 5.56 Å². The average molecular weight is 421 g/mol. The monoisotopic (exact) mass is 421 g/mol. The molecule has 0 fully saturated rings. The molecule has 0 N–H and O–H groups in total. The minimum Gasteiger partial charge on any atom is -0.345 e. The van der Waals surface area contributed by atoms with E-state index in [-0.39, 0.29) is 17.5 Å². The van der Waals surface area contributed by atoms with E-state index in [1.54, 1.807) is 49.5 Å². The van der Waals surface area contributed by atoms with Crippen LogP contribution in [-0.2, 0) is 6.54 Å². The van der Waals surface area contributed by atoms with Gasteiger partial charge in [-0.2, -0.15) is 5.10 Å². The topological polar surface area (TPSA) is 102 Å². The van der Waals surface area contributed by atoms with Gasteiger partial charge in [-0.25, -0.2) is 4.68 Å². The summed E-state index contributed by atoms with van der Waals surface area (Å²) in [6, 6.07) is 13.1. The van der Waals surface area contributed by atoms with Crippen LogP contribution in [0.25, 0.3) is 5.69 Å². The van der Waals surface area contributed by atoms with Crippen molar-refractivity contribution in [3.63, 3.8) is 0 Å². The minimum atomic E-state index is -0.468. The Morgan fingerprint density at radius 1 is 1.00 bits per heavy atom. The summed E-state index contributed by atoms with van der Waals surface area (Å²) in [5, 5.41) is 15.0. The molecule has 1 heterocycles. The van der Waals surface area contributed by atoms with E-state index in [1.165, 1.54) is 27.9 Å². The highest BCUT2D eigenvalue weighted by Gasteiger charge is 2.18. The summed E-state index contributed by atoms with van der Waals surface area (Å²) in [5.74, 6) is -0.252. The van der Waals surface area contributed by atoms with Gasteiger partial charge in [0, 0.05) is 51.1 Å². The molecule has 2 amide bonds. The highest BCUT2D eigenvalue weighted by atomic mass is 16.6. The van der Waals surface area contributed by atoms with Gasteiger partial charge in [-0.1, -0.05) is 12.1 Å². The molecule has 2 aromatic carbocycles. The lowest BCUT2D eigenvalue weighted by Gasteiger charge is -2.20. The van der Waals surface area contributed by atoms with Crippen molar-refractivity contribution in [2.45, 2.75) is 13.5 Å². The molecule has 3 rings (SSSR count). The van der Waals surface area contributed by atoms with E-state index in [4.69, 9.17) is 0 Å². The van der Waals surface area contributed by atoms with Gasteiger partial charge in [-0.05, 0) is 36.8 Å². The van der Waals surface area contributed by atoms with Gasteiger partial charge in [-0.3, -0.25) is 19.7 Å². The fraction of sp³-hybridized carbons (Fsp3) is 0.227. The molecule has 0 radical (unpaired) electrons. The van der Waals surface area contributed by atoms with Crippen molar-refractivity contribution in [1.29, 1.82) is 0 Å². The molecular weight excluding hydrogens is 398 g/mol. The SMILES string of the molecule is CCN(Cc1ccc(C(=O)N(C)C)cc1)C(=O)c1cnn(-c2ccc([N+](=O)[O-])cc2)c1. The van der Waals surface area contributed by atoms with Crippen molar-refractivity contribution in [2.24, 2.45) is 0 Å². The van der Waals surface area contributed by atoms with Gasteiger partial charge in [-0.15, -0.1) is 0 Å². The number of nitro benzene ring substituents is 1. The van der Waals surface area contributed by atoms with Crippen molar-refractivity contribution >= 4 is 17.5 Å². The minimum absolute atomic E-state index is 0.0114. The first-order valence-corrected chi connectivity index (χ1v) is 9.69. The third-order valence-corrected chi connectivity index (χ3v) is 4.80. The van der Waals surface area contributed by atoms with E-state index in [0.29, 0.717) is 29.9 Å². The highest BCUT2D eigenvalue weighted by molar-refractivity contribution is 5.94. The standard InChI is InChI=1S/C22H23N5O4/c1-4-25(14-16-5-7-17(8-6-16)21(28)24(2)3)22(29)18-13-23-26(15-18)19-9-11-20(12-10-19)27(30)31/h5-13,15H,4,14H2,1-3H3. The summed E-state index contributed by atoms with van der Waals surface area (Å²) < 4.78 is 1.51. The van der Waals surface area contributed by atoms with Gasteiger partial charge in [0.2, 0.25) is 0 Å². The lowest BCUT2D eigenvalue weighted by atomic mass is 10.1. The Bertz CT molecular complexity index is 1090. The Kier molecular flexibility index (Phi) is 6.44. The molecule has 160 valence electrons. The van der Waals surface area contributed by atoms with E-state index in [1.807, 2.05) is 19.1 Å². The molecule has 3 aromatic rings. The summed E-state index contributed by atoms with van der Waals surface area (Å²) in [4.78, 5) is 38.5. The number of hydrogen-bond acceptors (Lipinski definition) is 5. The second kappa shape index (κ2) is 9.21. The Hall–Kier alpha value is -4.01. The summed E-state index contributed by atoms with van der Waals surface area (Å²) in [6.45, 7) is 2.79. The number of nitrogens with zero attached hydrogens (tertiary/aromatic N) is 5. The van der Waals surface area contributed by atoms with Crippen LogP contribution in [0.2, 0.25) is 0 Å². The smallest absolute Gasteiger partial charge is 0.269 e. The van der Waals surface area contributed by atoms with Crippen molar-refractivity contribution in [3.8, 4) is 5.69 Å². The number of benzene rings is 2. The predicted molar refractivity (Wildman–Crippen MR) is 115 cm³/mol. The zero-order chi connectivity index (χ0) is 22.5. The molecule has 1 aromatic heterocycles. The zero-order valence-corrected chi connectivity index (χ0v) is 17.6. The van der Waals surface area contributed by atoms with Crippen LogP contribution in [0.15, 0.2) is 60.9 Å². The van der Waals surface area contributed by atoms with Crippen LogP contribution in [0.5, 0.6) is 0 Å². The van der Waals surface area contributed by atoms with Gasteiger partial charge in [0.05, 0.1) is 22.4 Å². The van der Waals surface area contributed by atoms with Gasteiger partial charge in [0.1, 0.15) is 0 Å². The number of aromatic nitrogens is 2. The summed E-state index contributed by atoms with van der Waals surface area (Å²) in [6.07, 6.45) is 3.08. The molecule has 31 heavy (non-hydrogen) atoms. The Morgan fingerprint density at radius 2 is 1.65 bits per heavy atom. The maximum Gasteiger partial charge on any atom is 0.269 e. The summed E-state index contributed by atoms with van der Waals surface area (Å²) in [7, 11) is 3.40. The quantitative estimate of drug-likeness (QED) is 0.431. The molecule has 0 unspecified atom stereocenters. The molecule has 0 spiro atoms. The Morgan fingerprint density at radius 3 is 2.19 bits per heavy atom. The van der Waals surface area contributed by atoms with E-state index < -0.39 is 4.92 Å². The van der Waals surface area contributed by atoms with Crippen LogP contribution in [0, 0.1) is 10.1 Å². The highest BCUT2D eigenvalue weighted by Crippen LogP contribution is 2.17. The van der Waals surface area contributed by atoms with Crippen LogP contribution in [0.1, 0.15) is 33.2 Å². The Balaban J connectivity index is 1.72. The molecule has 0 bridgehead atoms. The van der Waals surface area contributed by atoms with Crippen molar-refractivity contribution in [3.05, 3.63) is 87.7 Å². The maximum absolute atomic E-state index is 13.0. The van der Waals surface area contributed by atoms with Crippen molar-refractivity contribution in [1.82, 2.24) is 19.6 Å². The molecule has 0 saturated carbocycles. The lowest BCUT2D eigenvalue weighted by Crippen LogP contribution is -2.30. The second-order valence-corrected chi connectivity index (χ2v) is 7.16. The van der Waals surface area contributed by atoms with Crippen molar-refractivity contribution in [2.75, 3.05) is 20.6 Å². The fourth-order valence-corrected chi connectivity index (χ4v) is 3.04. The molecule has 9 nitrogen and oxygen atoms in total. The van der Waals surface area contributed by atoms with Crippen LogP contribution >= 0.6 is 0 Å². The molecule has 0 saturated heterocycles. The van der Waals surface area contributed by atoms with Gasteiger partial charge >= 0.3 is 0 Å². The number of nitro groups is 1.